The van der Waals surface area contributed by atoms with E-state index in [1.54, 1.807) is 26.0 Å². The molecule has 0 aliphatic carbocycles. The van der Waals surface area contributed by atoms with Crippen LogP contribution in [0.3, 0.4) is 0 Å². The van der Waals surface area contributed by atoms with Gasteiger partial charge < -0.3 is 28.6 Å². The van der Waals surface area contributed by atoms with Crippen LogP contribution in [-0.2, 0) is 27.9 Å². The number of anilines is 1. The molecule has 1 saturated heterocycles. The first-order valence-corrected chi connectivity index (χ1v) is 15.2. The van der Waals surface area contributed by atoms with Crippen molar-refractivity contribution in [2.24, 2.45) is 11.8 Å². The van der Waals surface area contributed by atoms with Crippen LogP contribution < -0.4 is 15.4 Å². The summed E-state index contributed by atoms with van der Waals surface area (Å²) in [5, 5.41) is 5.43. The van der Waals surface area contributed by atoms with E-state index in [9.17, 15) is 14.2 Å². The monoisotopic (exact) mass is 567 g/mol. The lowest BCUT2D eigenvalue weighted by Crippen LogP contribution is -2.53. The smallest absolute Gasteiger partial charge is 0.330 e. The average molecular weight is 568 g/mol. The van der Waals surface area contributed by atoms with Crippen LogP contribution in [0.15, 0.2) is 18.3 Å². The van der Waals surface area contributed by atoms with Crippen molar-refractivity contribution in [3.63, 3.8) is 0 Å². The Bertz CT molecular complexity index is 990. The number of nitrogens with zero attached hydrogens (tertiary/aromatic N) is 1. The molecular weight excluding hydrogens is 525 g/mol. The summed E-state index contributed by atoms with van der Waals surface area (Å²) in [5.41, 5.74) is 0. The molecule has 218 valence electrons. The maximum Gasteiger partial charge on any atom is 0.330 e. The molecule has 0 aromatic carbocycles. The van der Waals surface area contributed by atoms with E-state index in [1.807, 2.05) is 13.8 Å². The third-order valence-electron chi connectivity index (χ3n) is 6.36. The Morgan fingerprint density at radius 1 is 1.15 bits per heavy atom. The maximum atomic E-state index is 13.0. The molecule has 2 heterocycles. The molecule has 0 unspecified atom stereocenters. The second kappa shape index (κ2) is 16.5. The van der Waals surface area contributed by atoms with Gasteiger partial charge in [0, 0.05) is 31.7 Å². The second-order valence-electron chi connectivity index (χ2n) is 9.33. The van der Waals surface area contributed by atoms with Crippen LogP contribution in [0.2, 0.25) is 0 Å². The number of terminal acetylenes is 1. The Hall–Kier alpha value is -2.64. The fourth-order valence-corrected chi connectivity index (χ4v) is 5.91. The predicted molar refractivity (Wildman–Crippen MR) is 147 cm³/mol. The zero-order valence-corrected chi connectivity index (χ0v) is 24.4. The van der Waals surface area contributed by atoms with E-state index in [-0.39, 0.29) is 43.7 Å². The summed E-state index contributed by atoms with van der Waals surface area (Å²) in [6.45, 7) is 9.79. The molecule has 1 aliphatic rings. The van der Waals surface area contributed by atoms with Crippen LogP contribution in [-0.4, -0.2) is 61.4 Å². The van der Waals surface area contributed by atoms with Gasteiger partial charge in [0.15, 0.2) is 0 Å². The van der Waals surface area contributed by atoms with Gasteiger partial charge in [-0.15, -0.1) is 12.3 Å². The first-order chi connectivity index (χ1) is 18.6. The lowest BCUT2D eigenvalue weighted by Gasteiger charge is -2.44. The molecule has 12 heteroatoms. The van der Waals surface area contributed by atoms with Crippen LogP contribution >= 0.6 is 7.60 Å². The maximum absolute atomic E-state index is 13.0. The number of ether oxygens (including phenoxy) is 3. The van der Waals surface area contributed by atoms with Gasteiger partial charge in [-0.1, -0.05) is 13.8 Å². The first kappa shape index (κ1) is 32.6. The highest BCUT2D eigenvalue weighted by molar-refractivity contribution is 7.53. The van der Waals surface area contributed by atoms with Crippen LogP contribution in [0, 0.1) is 24.2 Å². The van der Waals surface area contributed by atoms with E-state index in [1.165, 1.54) is 13.1 Å². The number of nitrogens with one attached hydrogen (secondary N) is 2. The largest absolute Gasteiger partial charge is 0.463 e. The second-order valence-corrected chi connectivity index (χ2v) is 11.5. The molecule has 1 aromatic heterocycles. The molecule has 1 aromatic rings. The number of esters is 1. The summed E-state index contributed by atoms with van der Waals surface area (Å²) in [6.07, 6.45) is 7.62. The molecule has 2 rings (SSSR count). The van der Waals surface area contributed by atoms with Gasteiger partial charge in [0.25, 0.3) is 0 Å². The van der Waals surface area contributed by atoms with Crippen molar-refractivity contribution in [2.75, 3.05) is 31.2 Å². The fourth-order valence-electron chi connectivity index (χ4n) is 4.22. The van der Waals surface area contributed by atoms with Gasteiger partial charge in [-0.05, 0) is 45.2 Å². The number of carbonyl (C=O) groups is 2. The van der Waals surface area contributed by atoms with E-state index < -0.39 is 32.1 Å². The number of hydrogen-bond donors (Lipinski definition) is 2. The van der Waals surface area contributed by atoms with Crippen molar-refractivity contribution in [3.8, 4) is 18.1 Å². The molecule has 11 nitrogen and oxygen atoms in total. The Kier molecular flexibility index (Phi) is 13.7. The summed E-state index contributed by atoms with van der Waals surface area (Å²) in [6, 6.07) is 2.96. The highest BCUT2D eigenvalue weighted by Crippen LogP contribution is 2.49. The molecule has 2 amide bonds. The van der Waals surface area contributed by atoms with E-state index in [0.717, 1.165) is 12.8 Å². The normalized spacial score (nSPS) is 22.9. The van der Waals surface area contributed by atoms with Crippen molar-refractivity contribution < 1.29 is 37.4 Å². The Balaban J connectivity index is 2.03. The highest BCUT2D eigenvalue weighted by atomic mass is 31.2. The minimum Gasteiger partial charge on any atom is -0.463 e. The molecule has 0 saturated carbocycles. The average Bonchev–Trinajstić information content (AvgIpc) is 2.89. The number of rotatable bonds is 15. The fraction of sp³-hybridized carbons (Fsp3) is 0.667. The van der Waals surface area contributed by atoms with Gasteiger partial charge >= 0.3 is 19.6 Å². The molecule has 5 atom stereocenters. The van der Waals surface area contributed by atoms with Crippen LogP contribution in [0.1, 0.15) is 60.3 Å². The van der Waals surface area contributed by atoms with Gasteiger partial charge in [0.05, 0.1) is 31.7 Å². The van der Waals surface area contributed by atoms with Gasteiger partial charge in [-0.25, -0.2) is 9.78 Å². The highest BCUT2D eigenvalue weighted by Gasteiger charge is 2.45. The summed E-state index contributed by atoms with van der Waals surface area (Å²) < 4.78 is 41.8. The van der Waals surface area contributed by atoms with E-state index in [0.29, 0.717) is 24.5 Å². The van der Waals surface area contributed by atoms with Crippen molar-refractivity contribution in [1.29, 1.82) is 0 Å². The Morgan fingerprint density at radius 2 is 1.87 bits per heavy atom. The van der Waals surface area contributed by atoms with Crippen LogP contribution in [0.4, 0.5) is 10.6 Å². The van der Waals surface area contributed by atoms with E-state index in [4.69, 9.17) is 29.7 Å². The minimum absolute atomic E-state index is 0.110. The molecule has 1 aliphatic heterocycles. The lowest BCUT2D eigenvalue weighted by atomic mass is 9.83. The lowest BCUT2D eigenvalue weighted by molar-refractivity contribution is -0.239. The summed E-state index contributed by atoms with van der Waals surface area (Å²) in [4.78, 5) is 28.1. The minimum atomic E-state index is -3.32. The SMILES string of the molecule is C#CCCCCNC(=O)Nc1ccc(O[C@H]2O[C@H](CCP(=O)(OCC)OCC)[C@@H](OC(C)=O)[C@H](C)[C@@H]2C)cn1. The van der Waals surface area contributed by atoms with Crippen LogP contribution in [0.5, 0.6) is 5.75 Å². The van der Waals surface area contributed by atoms with Gasteiger partial charge in [0.2, 0.25) is 6.29 Å². The zero-order valence-electron chi connectivity index (χ0n) is 23.5. The Labute approximate surface area is 231 Å². The first-order valence-electron chi connectivity index (χ1n) is 13.4. The van der Waals surface area contributed by atoms with Crippen molar-refractivity contribution in [1.82, 2.24) is 10.3 Å². The number of urea groups is 1. The van der Waals surface area contributed by atoms with Crippen molar-refractivity contribution in [2.45, 2.75) is 78.8 Å². The van der Waals surface area contributed by atoms with Gasteiger partial charge in [0.1, 0.15) is 17.7 Å². The molecule has 1 fully saturated rings. The third kappa shape index (κ3) is 10.8. The Morgan fingerprint density at radius 3 is 2.46 bits per heavy atom. The molecule has 0 spiro atoms. The number of hydrogen-bond acceptors (Lipinski definition) is 9. The van der Waals surface area contributed by atoms with Crippen molar-refractivity contribution >= 4 is 25.4 Å². The number of pyridine rings is 1. The standard InChI is InChI=1S/C27H42N3O8P/c1-7-10-11-12-16-28-27(32)30-24-14-13-22(18-29-24)37-26-20(5)19(4)25(36-21(6)31)23(38-26)15-17-39(33,34-8-2)35-9-3/h1,13-14,18-20,23,25-26H,8-12,15-17H2,2-6H3,(H2,28,29,30,32)/t19-,20+,23-,25+,26+/m1/s1. The zero-order chi connectivity index (χ0) is 28.8. The summed E-state index contributed by atoms with van der Waals surface area (Å²) in [5.74, 6) is 2.69. The van der Waals surface area contributed by atoms with Crippen LogP contribution in [0.25, 0.3) is 0 Å². The number of carbonyl (C=O) groups excluding carboxylic acids is 2. The number of aromatic nitrogens is 1. The molecule has 0 radical (unpaired) electrons. The van der Waals surface area contributed by atoms with Gasteiger partial charge in [-0.3, -0.25) is 14.7 Å². The van der Waals surface area contributed by atoms with Gasteiger partial charge in [-0.2, -0.15) is 0 Å². The number of amides is 2. The molecule has 2 N–H and O–H groups in total. The molecule has 39 heavy (non-hydrogen) atoms. The van der Waals surface area contributed by atoms with E-state index in [2.05, 4.69) is 21.5 Å². The molecule has 0 bridgehead atoms. The topological polar surface area (TPSA) is 134 Å². The quantitative estimate of drug-likeness (QED) is 0.130. The summed E-state index contributed by atoms with van der Waals surface area (Å²) >= 11 is 0. The van der Waals surface area contributed by atoms with E-state index >= 15 is 0 Å². The predicted octanol–water partition coefficient (Wildman–Crippen LogP) is 4.97. The van der Waals surface area contributed by atoms with Crippen molar-refractivity contribution in [3.05, 3.63) is 18.3 Å². The summed E-state index contributed by atoms with van der Waals surface area (Å²) in [7, 11) is -3.32. The number of unbranched alkanes of at least 4 members (excludes halogenated alkanes) is 2. The third-order valence-corrected chi connectivity index (χ3v) is 8.47. The molecular formula is C27H42N3O8P.